The molecule has 0 amide bonds. The summed E-state index contributed by atoms with van der Waals surface area (Å²) < 4.78 is -0.248. The Morgan fingerprint density at radius 1 is 2.00 bits per heavy atom. The molecule has 1 rings (SSSR count). The molecule has 1 aliphatic rings. The molecule has 1 N–H and O–H groups in total. The molecule has 3 heteroatoms. The molecular formula is C4H6BrClO. The van der Waals surface area contributed by atoms with Crippen LogP contribution in [0.3, 0.4) is 0 Å². The quantitative estimate of drug-likeness (QED) is 0.611. The van der Waals surface area contributed by atoms with Crippen LogP contribution in [-0.2, 0) is 0 Å². The summed E-state index contributed by atoms with van der Waals surface area (Å²) in [5.41, 5.74) is 0. The fraction of sp³-hybridized carbons (Fsp3) is 1.00. The standard InChI is InChI=1S/C4H6BrClO/c5-4(6)1-3(4)2-7/h3,7H,1-2H2. The molecule has 2 atom stereocenters. The van der Waals surface area contributed by atoms with Gasteiger partial charge in [0.2, 0.25) is 0 Å². The SMILES string of the molecule is OCC1CC1(Cl)Br. The molecule has 0 aromatic heterocycles. The largest absolute Gasteiger partial charge is 0.396 e. The van der Waals surface area contributed by atoms with Crippen molar-refractivity contribution >= 4 is 27.5 Å². The topological polar surface area (TPSA) is 20.2 Å². The van der Waals surface area contributed by atoms with Gasteiger partial charge in [-0.2, -0.15) is 0 Å². The molecule has 0 radical (unpaired) electrons. The van der Waals surface area contributed by atoms with Crippen molar-refractivity contribution in [2.24, 2.45) is 5.92 Å². The zero-order chi connectivity index (χ0) is 5.49. The minimum atomic E-state index is -0.248. The van der Waals surface area contributed by atoms with Crippen LogP contribution in [0.5, 0.6) is 0 Å². The average molecular weight is 185 g/mol. The highest BCUT2D eigenvalue weighted by Gasteiger charge is 2.50. The number of aliphatic hydroxyl groups excluding tert-OH is 1. The maximum Gasteiger partial charge on any atom is 0.105 e. The average Bonchev–Trinajstić information content (AvgIpc) is 2.13. The van der Waals surface area contributed by atoms with Gasteiger partial charge < -0.3 is 5.11 Å². The van der Waals surface area contributed by atoms with Crippen LogP contribution in [0.2, 0.25) is 0 Å². The molecular weight excluding hydrogens is 179 g/mol. The molecule has 1 nitrogen and oxygen atoms in total. The van der Waals surface area contributed by atoms with Gasteiger partial charge in [0.25, 0.3) is 0 Å². The van der Waals surface area contributed by atoms with Gasteiger partial charge >= 0.3 is 0 Å². The van der Waals surface area contributed by atoms with E-state index in [1.807, 2.05) is 0 Å². The van der Waals surface area contributed by atoms with Crippen LogP contribution < -0.4 is 0 Å². The molecule has 7 heavy (non-hydrogen) atoms. The summed E-state index contributed by atoms with van der Waals surface area (Å²) in [6, 6.07) is 0. The summed E-state index contributed by atoms with van der Waals surface area (Å²) in [4.78, 5) is 0. The highest BCUT2D eigenvalue weighted by Crippen LogP contribution is 2.54. The second kappa shape index (κ2) is 1.61. The van der Waals surface area contributed by atoms with Gasteiger partial charge in [0.05, 0.1) is 0 Å². The molecule has 0 aromatic rings. The molecule has 0 bridgehead atoms. The molecule has 1 fully saturated rings. The Bertz CT molecular complexity index is 83.8. The van der Waals surface area contributed by atoms with Gasteiger partial charge in [0.15, 0.2) is 0 Å². The van der Waals surface area contributed by atoms with Crippen LogP contribution in [0.25, 0.3) is 0 Å². The summed E-state index contributed by atoms with van der Waals surface area (Å²) in [6.45, 7) is 0.203. The molecule has 0 saturated heterocycles. The smallest absolute Gasteiger partial charge is 0.105 e. The van der Waals surface area contributed by atoms with Crippen LogP contribution in [0, 0.1) is 5.92 Å². The first-order chi connectivity index (χ1) is 3.17. The second-order valence-electron chi connectivity index (χ2n) is 1.84. The Labute approximate surface area is 55.8 Å². The van der Waals surface area contributed by atoms with Gasteiger partial charge in [-0.1, -0.05) is 15.9 Å². The van der Waals surface area contributed by atoms with E-state index in [1.54, 1.807) is 0 Å². The van der Waals surface area contributed by atoms with Crippen molar-refractivity contribution in [3.8, 4) is 0 Å². The Kier molecular flexibility index (Phi) is 1.34. The minimum Gasteiger partial charge on any atom is -0.396 e. The van der Waals surface area contributed by atoms with Crippen molar-refractivity contribution in [1.29, 1.82) is 0 Å². The Morgan fingerprint density at radius 2 is 2.43 bits per heavy atom. The highest BCUT2D eigenvalue weighted by atomic mass is 79.9. The van der Waals surface area contributed by atoms with Gasteiger partial charge in [0.1, 0.15) is 3.78 Å². The van der Waals surface area contributed by atoms with Crippen molar-refractivity contribution in [3.63, 3.8) is 0 Å². The molecule has 0 heterocycles. The Hall–Kier alpha value is 0.730. The highest BCUT2D eigenvalue weighted by molar-refractivity contribution is 9.10. The zero-order valence-electron chi connectivity index (χ0n) is 3.69. The third-order valence-electron chi connectivity index (χ3n) is 1.18. The minimum absolute atomic E-state index is 0.203. The monoisotopic (exact) mass is 184 g/mol. The maximum atomic E-state index is 8.43. The third-order valence-corrected chi connectivity index (χ3v) is 2.61. The fourth-order valence-electron chi connectivity index (χ4n) is 0.468. The van der Waals surface area contributed by atoms with Crippen molar-refractivity contribution in [1.82, 2.24) is 0 Å². The van der Waals surface area contributed by atoms with E-state index in [1.165, 1.54) is 0 Å². The predicted molar refractivity (Wildman–Crippen MR) is 32.7 cm³/mol. The number of alkyl halides is 2. The van der Waals surface area contributed by atoms with E-state index in [9.17, 15) is 0 Å². The molecule has 0 spiro atoms. The van der Waals surface area contributed by atoms with E-state index < -0.39 is 0 Å². The molecule has 1 saturated carbocycles. The first kappa shape index (κ1) is 5.86. The third kappa shape index (κ3) is 1.09. The van der Waals surface area contributed by atoms with Gasteiger partial charge in [0, 0.05) is 12.5 Å². The number of hydrogen-bond donors (Lipinski definition) is 1. The van der Waals surface area contributed by atoms with Gasteiger partial charge in [-0.3, -0.25) is 0 Å². The fourth-order valence-corrected chi connectivity index (χ4v) is 1.26. The lowest BCUT2D eigenvalue weighted by molar-refractivity contribution is 0.276. The second-order valence-corrected chi connectivity index (χ2v) is 4.39. The summed E-state index contributed by atoms with van der Waals surface area (Å²) in [5.74, 6) is 0.286. The van der Waals surface area contributed by atoms with Crippen molar-refractivity contribution in [3.05, 3.63) is 0 Å². The van der Waals surface area contributed by atoms with Crippen LogP contribution in [-0.4, -0.2) is 15.5 Å². The van der Waals surface area contributed by atoms with E-state index in [0.29, 0.717) is 0 Å². The molecule has 42 valence electrons. The first-order valence-electron chi connectivity index (χ1n) is 2.15. The lowest BCUT2D eigenvalue weighted by Crippen LogP contribution is -1.92. The number of halogens is 2. The van der Waals surface area contributed by atoms with Crippen molar-refractivity contribution in [2.75, 3.05) is 6.61 Å². The summed E-state index contributed by atoms with van der Waals surface area (Å²) >= 11 is 8.88. The van der Waals surface area contributed by atoms with Crippen molar-refractivity contribution in [2.45, 2.75) is 10.2 Å². The lowest BCUT2D eigenvalue weighted by Gasteiger charge is -1.90. The normalized spacial score (nSPS) is 49.3. The van der Waals surface area contributed by atoms with Crippen LogP contribution in [0.1, 0.15) is 6.42 Å². The summed E-state index contributed by atoms with van der Waals surface area (Å²) in [5, 5.41) is 8.43. The molecule has 1 aliphatic carbocycles. The summed E-state index contributed by atoms with van der Waals surface area (Å²) in [7, 11) is 0. The Morgan fingerprint density at radius 3 is 2.43 bits per heavy atom. The maximum absolute atomic E-state index is 8.43. The number of rotatable bonds is 1. The van der Waals surface area contributed by atoms with Crippen LogP contribution >= 0.6 is 27.5 Å². The van der Waals surface area contributed by atoms with Crippen LogP contribution in [0.15, 0.2) is 0 Å². The molecule has 0 aliphatic heterocycles. The van der Waals surface area contributed by atoms with E-state index in [4.69, 9.17) is 16.7 Å². The summed E-state index contributed by atoms with van der Waals surface area (Å²) in [6.07, 6.45) is 0.894. The molecule has 2 unspecified atom stereocenters. The van der Waals surface area contributed by atoms with Gasteiger partial charge in [-0.05, 0) is 6.42 Å². The van der Waals surface area contributed by atoms with Gasteiger partial charge in [-0.15, -0.1) is 11.6 Å². The number of aliphatic hydroxyl groups is 1. The first-order valence-corrected chi connectivity index (χ1v) is 3.32. The molecule has 0 aromatic carbocycles. The van der Waals surface area contributed by atoms with E-state index in [-0.39, 0.29) is 16.3 Å². The van der Waals surface area contributed by atoms with E-state index in [0.717, 1.165) is 6.42 Å². The van der Waals surface area contributed by atoms with Gasteiger partial charge in [-0.25, -0.2) is 0 Å². The van der Waals surface area contributed by atoms with E-state index >= 15 is 0 Å². The van der Waals surface area contributed by atoms with Crippen LogP contribution in [0.4, 0.5) is 0 Å². The van der Waals surface area contributed by atoms with E-state index in [2.05, 4.69) is 15.9 Å². The predicted octanol–water partition coefficient (Wildman–Crippen LogP) is 1.33. The lowest BCUT2D eigenvalue weighted by atomic mass is 10.5. The Balaban J connectivity index is 2.30. The zero-order valence-corrected chi connectivity index (χ0v) is 6.04. The van der Waals surface area contributed by atoms with Crippen molar-refractivity contribution < 1.29 is 5.11 Å². The number of hydrogen-bond acceptors (Lipinski definition) is 1.